The number of likely N-dealkylation sites (tertiary alicyclic amines) is 1. The second kappa shape index (κ2) is 15.3. The SMILES string of the molecule is CC(=O)[O-].CCCCCCCCC[NH+]1CCC(CCC)CC1. The predicted molar refractivity (Wildman–Crippen MR) is 91.9 cm³/mol. The molecule has 3 nitrogen and oxygen atoms in total. The van der Waals surface area contributed by atoms with Crippen LogP contribution in [0.15, 0.2) is 0 Å². The molecular formula is C19H39NO2. The Morgan fingerprint density at radius 3 is 1.95 bits per heavy atom. The van der Waals surface area contributed by atoms with E-state index in [0.29, 0.717) is 0 Å². The van der Waals surface area contributed by atoms with Crippen molar-refractivity contribution in [3.63, 3.8) is 0 Å². The molecule has 1 rings (SSSR count). The highest BCUT2D eigenvalue weighted by Gasteiger charge is 2.20. The maximum absolute atomic E-state index is 8.89. The minimum absolute atomic E-state index is 0.972. The summed E-state index contributed by atoms with van der Waals surface area (Å²) >= 11 is 0. The maximum Gasteiger partial charge on any atom is 0.0773 e. The van der Waals surface area contributed by atoms with E-state index < -0.39 is 5.97 Å². The summed E-state index contributed by atoms with van der Waals surface area (Å²) in [4.78, 5) is 10.8. The Kier molecular flexibility index (Phi) is 14.9. The molecule has 0 atom stereocenters. The van der Waals surface area contributed by atoms with Gasteiger partial charge in [0.15, 0.2) is 0 Å². The monoisotopic (exact) mass is 313 g/mol. The molecule has 0 saturated carbocycles. The highest BCUT2D eigenvalue weighted by Crippen LogP contribution is 2.15. The van der Waals surface area contributed by atoms with E-state index in [2.05, 4.69) is 13.8 Å². The van der Waals surface area contributed by atoms with Gasteiger partial charge in [-0.3, -0.25) is 0 Å². The van der Waals surface area contributed by atoms with Gasteiger partial charge in [-0.2, -0.15) is 0 Å². The van der Waals surface area contributed by atoms with E-state index in [0.717, 1.165) is 12.8 Å². The van der Waals surface area contributed by atoms with Gasteiger partial charge in [-0.25, -0.2) is 0 Å². The van der Waals surface area contributed by atoms with Crippen LogP contribution in [0, 0.1) is 5.92 Å². The second-order valence-electron chi connectivity index (χ2n) is 6.84. The van der Waals surface area contributed by atoms with Gasteiger partial charge in [0.25, 0.3) is 0 Å². The topological polar surface area (TPSA) is 44.6 Å². The quantitative estimate of drug-likeness (QED) is 0.630. The molecule has 0 aliphatic carbocycles. The van der Waals surface area contributed by atoms with Crippen LogP contribution in [0.5, 0.6) is 0 Å². The van der Waals surface area contributed by atoms with Gasteiger partial charge >= 0.3 is 0 Å². The maximum atomic E-state index is 8.89. The van der Waals surface area contributed by atoms with Crippen LogP contribution >= 0.6 is 0 Å². The van der Waals surface area contributed by atoms with Crippen molar-refractivity contribution in [3.05, 3.63) is 0 Å². The Morgan fingerprint density at radius 1 is 0.955 bits per heavy atom. The number of carboxylic acid groups (broad SMARTS) is 1. The predicted octanol–water partition coefficient (Wildman–Crippen LogP) is 2.59. The van der Waals surface area contributed by atoms with E-state index in [1.807, 2.05) is 4.90 Å². The average Bonchev–Trinajstić information content (AvgIpc) is 2.48. The third kappa shape index (κ3) is 14.4. The molecule has 22 heavy (non-hydrogen) atoms. The molecule has 0 bridgehead atoms. The average molecular weight is 314 g/mol. The largest absolute Gasteiger partial charge is 0.550 e. The zero-order chi connectivity index (χ0) is 16.6. The lowest BCUT2D eigenvalue weighted by Crippen LogP contribution is -3.13. The number of unbranched alkanes of at least 4 members (excludes halogenated alkanes) is 6. The lowest BCUT2D eigenvalue weighted by molar-refractivity contribution is -0.906. The van der Waals surface area contributed by atoms with Crippen molar-refractivity contribution in [2.75, 3.05) is 19.6 Å². The number of hydrogen-bond acceptors (Lipinski definition) is 2. The highest BCUT2D eigenvalue weighted by atomic mass is 16.4. The molecule has 1 fully saturated rings. The Balaban J connectivity index is 0.000000980. The summed E-state index contributed by atoms with van der Waals surface area (Å²) in [5.41, 5.74) is 0. The van der Waals surface area contributed by atoms with Crippen molar-refractivity contribution in [3.8, 4) is 0 Å². The third-order valence-electron chi connectivity index (χ3n) is 4.64. The Bertz CT molecular complexity index is 244. The zero-order valence-electron chi connectivity index (χ0n) is 15.3. The summed E-state index contributed by atoms with van der Waals surface area (Å²) in [7, 11) is 0. The van der Waals surface area contributed by atoms with E-state index in [4.69, 9.17) is 9.90 Å². The molecule has 132 valence electrons. The molecule has 0 unspecified atom stereocenters. The van der Waals surface area contributed by atoms with Crippen LogP contribution in [-0.4, -0.2) is 25.6 Å². The summed E-state index contributed by atoms with van der Waals surface area (Å²) in [6, 6.07) is 0. The van der Waals surface area contributed by atoms with Crippen LogP contribution in [0.1, 0.15) is 91.4 Å². The van der Waals surface area contributed by atoms with Crippen molar-refractivity contribution >= 4 is 5.97 Å². The molecule has 0 aromatic heterocycles. The molecule has 0 spiro atoms. The number of piperidine rings is 1. The van der Waals surface area contributed by atoms with Gasteiger partial charge < -0.3 is 14.8 Å². The molecule has 0 amide bonds. The summed E-state index contributed by atoms with van der Waals surface area (Å²) < 4.78 is 0. The van der Waals surface area contributed by atoms with E-state index in [-0.39, 0.29) is 0 Å². The Hall–Kier alpha value is -0.570. The fraction of sp³-hybridized carbons (Fsp3) is 0.947. The minimum atomic E-state index is -1.08. The first-order valence-electron chi connectivity index (χ1n) is 9.61. The van der Waals surface area contributed by atoms with Crippen LogP contribution in [0.3, 0.4) is 0 Å². The number of carbonyl (C=O) groups is 1. The molecule has 1 saturated heterocycles. The molecule has 1 heterocycles. The fourth-order valence-electron chi connectivity index (χ4n) is 3.36. The standard InChI is InChI=1S/C17H35N.C2H4O2/c1-3-5-6-7-8-9-10-14-18-15-12-17(11-4-2)13-16-18;1-2(3)4/h17H,3-16H2,1-2H3;1H3,(H,3,4). The molecule has 1 aliphatic heterocycles. The number of carboxylic acids is 1. The summed E-state index contributed by atoms with van der Waals surface area (Å²) in [6.07, 6.45) is 16.0. The van der Waals surface area contributed by atoms with Crippen LogP contribution in [-0.2, 0) is 4.79 Å². The van der Waals surface area contributed by atoms with Gasteiger partial charge in [-0.15, -0.1) is 0 Å². The number of hydrogen-bond donors (Lipinski definition) is 1. The lowest BCUT2D eigenvalue weighted by Gasteiger charge is -2.29. The van der Waals surface area contributed by atoms with E-state index in [1.54, 1.807) is 0 Å². The van der Waals surface area contributed by atoms with Gasteiger partial charge in [-0.1, -0.05) is 58.8 Å². The minimum Gasteiger partial charge on any atom is -0.550 e. The van der Waals surface area contributed by atoms with E-state index in [1.165, 1.54) is 90.3 Å². The highest BCUT2D eigenvalue weighted by molar-refractivity contribution is 5.60. The smallest absolute Gasteiger partial charge is 0.0773 e. The van der Waals surface area contributed by atoms with Crippen LogP contribution in [0.25, 0.3) is 0 Å². The first-order chi connectivity index (χ1) is 10.6. The van der Waals surface area contributed by atoms with Crippen molar-refractivity contribution in [2.24, 2.45) is 5.92 Å². The molecular weight excluding hydrogens is 274 g/mol. The van der Waals surface area contributed by atoms with Crippen molar-refractivity contribution in [1.82, 2.24) is 0 Å². The summed E-state index contributed by atoms with van der Waals surface area (Å²) in [5, 5.41) is 8.89. The Morgan fingerprint density at radius 2 is 1.45 bits per heavy atom. The number of rotatable bonds is 10. The molecule has 1 N–H and O–H groups in total. The van der Waals surface area contributed by atoms with Gasteiger partial charge in [0.2, 0.25) is 0 Å². The van der Waals surface area contributed by atoms with Gasteiger partial charge in [-0.05, 0) is 38.5 Å². The van der Waals surface area contributed by atoms with Crippen LogP contribution < -0.4 is 10.0 Å². The first-order valence-corrected chi connectivity index (χ1v) is 9.61. The second-order valence-corrected chi connectivity index (χ2v) is 6.84. The summed E-state index contributed by atoms with van der Waals surface area (Å²) in [6.45, 7) is 9.97. The van der Waals surface area contributed by atoms with Gasteiger partial charge in [0.1, 0.15) is 0 Å². The van der Waals surface area contributed by atoms with E-state index in [9.17, 15) is 0 Å². The van der Waals surface area contributed by atoms with Crippen molar-refractivity contribution < 1.29 is 14.8 Å². The first kappa shape index (κ1) is 21.4. The lowest BCUT2D eigenvalue weighted by atomic mass is 9.92. The van der Waals surface area contributed by atoms with Gasteiger partial charge in [0.05, 0.1) is 19.6 Å². The number of nitrogens with one attached hydrogen (secondary N) is 1. The summed E-state index contributed by atoms with van der Waals surface area (Å²) in [5.74, 6) is -0.0206. The van der Waals surface area contributed by atoms with Gasteiger partial charge in [0, 0.05) is 5.97 Å². The third-order valence-corrected chi connectivity index (χ3v) is 4.64. The molecule has 0 aromatic carbocycles. The number of aliphatic carboxylic acids is 1. The van der Waals surface area contributed by atoms with Crippen LogP contribution in [0.4, 0.5) is 0 Å². The van der Waals surface area contributed by atoms with Crippen LogP contribution in [0.2, 0.25) is 0 Å². The zero-order valence-corrected chi connectivity index (χ0v) is 15.3. The number of carbonyl (C=O) groups excluding carboxylic acids is 1. The van der Waals surface area contributed by atoms with Crippen molar-refractivity contribution in [1.29, 1.82) is 0 Å². The molecule has 0 radical (unpaired) electrons. The fourth-order valence-corrected chi connectivity index (χ4v) is 3.36. The molecule has 0 aromatic rings. The van der Waals surface area contributed by atoms with Crippen molar-refractivity contribution in [2.45, 2.75) is 91.4 Å². The number of quaternary nitrogens is 1. The normalized spacial score (nSPS) is 21.0. The Labute approximate surface area is 138 Å². The molecule has 3 heteroatoms. The van der Waals surface area contributed by atoms with E-state index >= 15 is 0 Å². The molecule has 1 aliphatic rings.